The van der Waals surface area contributed by atoms with Crippen LogP contribution in [0.3, 0.4) is 0 Å². The van der Waals surface area contributed by atoms with Gasteiger partial charge in [0.2, 0.25) is 0 Å². The first kappa shape index (κ1) is 16.5. The minimum absolute atomic E-state index is 0. The molecule has 0 amide bonds. The number of anilines is 1. The van der Waals surface area contributed by atoms with Gasteiger partial charge in [0.1, 0.15) is 0 Å². The molecule has 0 aromatic heterocycles. The third kappa shape index (κ3) is 4.53. The minimum atomic E-state index is -3.51. The van der Waals surface area contributed by atoms with Gasteiger partial charge < -0.3 is 12.6 Å². The van der Waals surface area contributed by atoms with Crippen molar-refractivity contribution in [2.24, 2.45) is 0 Å². The number of hydrogen-bond donors (Lipinski definition) is 1. The summed E-state index contributed by atoms with van der Waals surface area (Å²) < 4.78 is 26.4. The van der Waals surface area contributed by atoms with Gasteiger partial charge in [-0.1, -0.05) is 30.3 Å². The molecular weight excluding hydrogens is 387 g/mol. The van der Waals surface area contributed by atoms with Crippen LogP contribution in [0, 0.1) is 0 Å². The second kappa shape index (κ2) is 7.30. The summed E-state index contributed by atoms with van der Waals surface area (Å²) in [5.41, 5.74) is 0.502. The summed E-state index contributed by atoms with van der Waals surface area (Å²) in [7, 11) is -3.51. The van der Waals surface area contributed by atoms with Crippen molar-refractivity contribution in [3.8, 4) is 0 Å². The van der Waals surface area contributed by atoms with Crippen LogP contribution in [-0.4, -0.2) is 8.42 Å². The molecule has 0 aliphatic heterocycles. The van der Waals surface area contributed by atoms with Gasteiger partial charge in [0, 0.05) is 5.69 Å². The molecule has 3 nitrogen and oxygen atoms in total. The number of sulfonamides is 1. The molecular formula is C12H10CsNO2S2. The molecule has 2 rings (SSSR count). The Hall–Kier alpha value is 0.462. The molecule has 88 valence electrons. The Bertz CT molecular complexity index is 598. The number of hydrogen-bond acceptors (Lipinski definition) is 3. The van der Waals surface area contributed by atoms with Crippen molar-refractivity contribution in [1.29, 1.82) is 0 Å². The summed E-state index contributed by atoms with van der Waals surface area (Å²) in [6, 6.07) is 14.9. The van der Waals surface area contributed by atoms with Crippen LogP contribution in [0.1, 0.15) is 0 Å². The molecule has 0 spiro atoms. The van der Waals surface area contributed by atoms with Crippen molar-refractivity contribution >= 4 is 28.3 Å². The fourth-order valence-corrected chi connectivity index (χ4v) is 2.55. The third-order valence-electron chi connectivity index (χ3n) is 2.16. The maximum atomic E-state index is 11.9. The van der Waals surface area contributed by atoms with E-state index in [0.717, 1.165) is 0 Å². The average molecular weight is 397 g/mol. The molecule has 2 aromatic rings. The van der Waals surface area contributed by atoms with E-state index < -0.39 is 10.0 Å². The molecule has 0 saturated carbocycles. The Kier molecular flexibility index (Phi) is 6.70. The largest absolute Gasteiger partial charge is 1.00 e. The van der Waals surface area contributed by atoms with E-state index in [1.54, 1.807) is 54.6 Å². The summed E-state index contributed by atoms with van der Waals surface area (Å²) in [4.78, 5) is 0.912. The molecule has 0 heterocycles. The summed E-state index contributed by atoms with van der Waals surface area (Å²) in [6.07, 6.45) is 0. The van der Waals surface area contributed by atoms with E-state index in [9.17, 15) is 8.42 Å². The zero-order valence-corrected chi connectivity index (χ0v) is 17.7. The van der Waals surface area contributed by atoms with Gasteiger partial charge in [0.25, 0.3) is 10.0 Å². The van der Waals surface area contributed by atoms with Gasteiger partial charge in [-0.2, -0.15) is 4.90 Å². The van der Waals surface area contributed by atoms with E-state index in [1.807, 2.05) is 0 Å². The first-order valence-corrected chi connectivity index (χ1v) is 6.82. The van der Waals surface area contributed by atoms with Crippen LogP contribution in [0.4, 0.5) is 5.69 Å². The molecule has 1 N–H and O–H groups in total. The predicted octanol–water partition coefficient (Wildman–Crippen LogP) is -0.603. The summed E-state index contributed by atoms with van der Waals surface area (Å²) in [6.45, 7) is 0. The topological polar surface area (TPSA) is 46.2 Å². The van der Waals surface area contributed by atoms with Gasteiger partial charge in [-0.25, -0.2) is 8.42 Å². The van der Waals surface area contributed by atoms with Crippen LogP contribution >= 0.6 is 0 Å². The van der Waals surface area contributed by atoms with Crippen molar-refractivity contribution < 1.29 is 77.3 Å². The normalized spacial score (nSPS) is 10.4. The third-order valence-corrected chi connectivity index (χ3v) is 3.83. The first-order valence-electron chi connectivity index (χ1n) is 4.93. The number of benzene rings is 2. The second-order valence-electron chi connectivity index (χ2n) is 3.44. The van der Waals surface area contributed by atoms with Crippen molar-refractivity contribution in [2.75, 3.05) is 4.72 Å². The Morgan fingerprint density at radius 3 is 2.00 bits per heavy atom. The van der Waals surface area contributed by atoms with Gasteiger partial charge in [-0.3, -0.25) is 4.72 Å². The second-order valence-corrected chi connectivity index (χ2v) is 5.60. The standard InChI is InChI=1S/C12H11NO2S2.Cs/c14-17(15,12-4-2-1-3-5-12)13-10-6-8-11(16)9-7-10;/h1-9,13,16H;/q;+1/p-1. The van der Waals surface area contributed by atoms with Crippen molar-refractivity contribution in [2.45, 2.75) is 9.79 Å². The molecule has 0 aliphatic rings. The summed E-state index contributed by atoms with van der Waals surface area (Å²) >= 11 is 4.93. The molecule has 0 fully saturated rings. The van der Waals surface area contributed by atoms with E-state index in [0.29, 0.717) is 10.6 Å². The Labute approximate surface area is 171 Å². The van der Waals surface area contributed by atoms with Crippen LogP contribution in [0.25, 0.3) is 0 Å². The predicted molar refractivity (Wildman–Crippen MR) is 69.3 cm³/mol. The maximum absolute atomic E-state index is 11.9. The summed E-state index contributed by atoms with van der Waals surface area (Å²) in [5, 5.41) is 0. The van der Waals surface area contributed by atoms with E-state index in [2.05, 4.69) is 4.72 Å². The zero-order chi connectivity index (χ0) is 12.3. The summed E-state index contributed by atoms with van der Waals surface area (Å²) in [5.74, 6) is 0. The maximum Gasteiger partial charge on any atom is 1.00 e. The van der Waals surface area contributed by atoms with Crippen LogP contribution in [0.15, 0.2) is 64.4 Å². The molecule has 0 atom stereocenters. The SMILES string of the molecule is O=S(=O)(Nc1ccc([S-])cc1)c1ccccc1.[Cs+]. The monoisotopic (exact) mass is 397 g/mol. The van der Waals surface area contributed by atoms with Gasteiger partial charge in [0.15, 0.2) is 0 Å². The van der Waals surface area contributed by atoms with E-state index >= 15 is 0 Å². The Morgan fingerprint density at radius 2 is 1.44 bits per heavy atom. The molecule has 0 saturated heterocycles. The molecule has 0 unspecified atom stereocenters. The van der Waals surface area contributed by atoms with Gasteiger partial charge >= 0.3 is 68.9 Å². The van der Waals surface area contributed by atoms with Gasteiger partial charge in [0.05, 0.1) is 4.90 Å². The molecule has 18 heavy (non-hydrogen) atoms. The van der Waals surface area contributed by atoms with Crippen molar-refractivity contribution in [3.63, 3.8) is 0 Å². The molecule has 0 radical (unpaired) electrons. The van der Waals surface area contributed by atoms with Crippen LogP contribution in [0.2, 0.25) is 0 Å². The van der Waals surface area contributed by atoms with Crippen LogP contribution < -0.4 is 73.6 Å². The van der Waals surface area contributed by atoms with Crippen molar-refractivity contribution in [3.05, 3.63) is 54.6 Å². The average Bonchev–Trinajstić information content (AvgIpc) is 2.33. The number of nitrogens with one attached hydrogen (secondary N) is 1. The molecule has 0 bridgehead atoms. The Morgan fingerprint density at radius 1 is 0.889 bits per heavy atom. The first-order chi connectivity index (χ1) is 8.08. The zero-order valence-electron chi connectivity index (χ0n) is 9.83. The van der Waals surface area contributed by atoms with Gasteiger partial charge in [-0.05, 0) is 24.3 Å². The molecule has 6 heteroatoms. The fourth-order valence-electron chi connectivity index (χ4n) is 1.34. The van der Waals surface area contributed by atoms with E-state index in [1.165, 1.54) is 0 Å². The van der Waals surface area contributed by atoms with E-state index in [-0.39, 0.29) is 73.8 Å². The minimum Gasteiger partial charge on any atom is -0.780 e. The molecule has 0 aliphatic carbocycles. The smallest absolute Gasteiger partial charge is 0.780 e. The van der Waals surface area contributed by atoms with Crippen LogP contribution in [-0.2, 0) is 22.7 Å². The quantitative estimate of drug-likeness (QED) is 0.704. The van der Waals surface area contributed by atoms with E-state index in [4.69, 9.17) is 12.6 Å². The fraction of sp³-hybridized carbons (Fsp3) is 0. The van der Waals surface area contributed by atoms with Gasteiger partial charge in [-0.15, -0.1) is 0 Å². The molecule has 2 aromatic carbocycles. The number of rotatable bonds is 3. The Balaban J connectivity index is 0.00000162. The van der Waals surface area contributed by atoms with Crippen LogP contribution in [0.5, 0.6) is 0 Å². The van der Waals surface area contributed by atoms with Crippen molar-refractivity contribution in [1.82, 2.24) is 0 Å².